The SMILES string of the molecule is O=C(O)CC1CCCCc2c1n(Cc1ccc(-n3ccnc3)cc1)c1ccc(F)cc21. The largest absolute Gasteiger partial charge is 0.481 e. The van der Waals surface area contributed by atoms with E-state index in [9.17, 15) is 14.3 Å². The molecule has 0 amide bonds. The van der Waals surface area contributed by atoms with Gasteiger partial charge in [-0.2, -0.15) is 0 Å². The summed E-state index contributed by atoms with van der Waals surface area (Å²) in [6, 6.07) is 13.2. The maximum Gasteiger partial charge on any atom is 0.304 e. The van der Waals surface area contributed by atoms with Crippen LogP contribution in [0.2, 0.25) is 0 Å². The third-order valence-corrected chi connectivity index (χ3v) is 6.29. The van der Waals surface area contributed by atoms with Crippen LogP contribution in [0.5, 0.6) is 0 Å². The van der Waals surface area contributed by atoms with Crippen molar-refractivity contribution in [2.45, 2.75) is 44.6 Å². The number of imidazole rings is 1. The van der Waals surface area contributed by atoms with Crippen LogP contribution in [0, 0.1) is 5.82 Å². The lowest BCUT2D eigenvalue weighted by atomic mass is 9.94. The van der Waals surface area contributed by atoms with Gasteiger partial charge in [-0.3, -0.25) is 4.79 Å². The Morgan fingerprint density at radius 1 is 1.16 bits per heavy atom. The molecule has 6 heteroatoms. The molecule has 0 spiro atoms. The molecule has 158 valence electrons. The quantitative estimate of drug-likeness (QED) is 0.448. The van der Waals surface area contributed by atoms with E-state index in [1.165, 1.54) is 6.07 Å². The number of nitrogens with zero attached hydrogens (tertiary/aromatic N) is 3. The molecule has 5 rings (SSSR count). The van der Waals surface area contributed by atoms with Gasteiger partial charge in [0, 0.05) is 47.1 Å². The van der Waals surface area contributed by atoms with Gasteiger partial charge in [-0.25, -0.2) is 9.37 Å². The van der Waals surface area contributed by atoms with Crippen LogP contribution in [0.1, 0.15) is 48.4 Å². The minimum atomic E-state index is -0.787. The third kappa shape index (κ3) is 3.74. The number of benzene rings is 2. The van der Waals surface area contributed by atoms with Gasteiger partial charge >= 0.3 is 5.97 Å². The van der Waals surface area contributed by atoms with Crippen LogP contribution in [0.4, 0.5) is 4.39 Å². The average molecular weight is 417 g/mol. The highest BCUT2D eigenvalue weighted by molar-refractivity contribution is 5.86. The van der Waals surface area contributed by atoms with Crippen molar-refractivity contribution in [3.63, 3.8) is 0 Å². The summed E-state index contributed by atoms with van der Waals surface area (Å²) >= 11 is 0. The minimum Gasteiger partial charge on any atom is -0.481 e. The summed E-state index contributed by atoms with van der Waals surface area (Å²) in [4.78, 5) is 15.7. The molecule has 0 aliphatic heterocycles. The highest BCUT2D eigenvalue weighted by Crippen LogP contribution is 2.39. The Balaban J connectivity index is 1.60. The van der Waals surface area contributed by atoms with Crippen molar-refractivity contribution >= 4 is 16.9 Å². The first kappa shape index (κ1) is 19.5. The predicted molar refractivity (Wildman–Crippen MR) is 117 cm³/mol. The molecule has 0 radical (unpaired) electrons. The number of rotatable bonds is 5. The standard InChI is InChI=1S/C25H24FN3O2/c26-19-7-10-23-22(14-19)21-4-2-1-3-18(13-24(30)31)25(21)29(23)15-17-5-8-20(9-6-17)28-12-11-27-16-28/h5-12,14,16,18H,1-4,13,15H2,(H,30,31). The first-order valence-corrected chi connectivity index (χ1v) is 10.7. The fourth-order valence-corrected chi connectivity index (χ4v) is 4.92. The van der Waals surface area contributed by atoms with Gasteiger partial charge in [0.05, 0.1) is 12.7 Å². The van der Waals surface area contributed by atoms with Crippen LogP contribution in [0.3, 0.4) is 0 Å². The number of fused-ring (bicyclic) bond motifs is 3. The normalized spacial score (nSPS) is 16.2. The van der Waals surface area contributed by atoms with Gasteiger partial charge in [-0.15, -0.1) is 0 Å². The number of aliphatic carboxylic acids is 1. The highest BCUT2D eigenvalue weighted by atomic mass is 19.1. The number of halogens is 1. The Morgan fingerprint density at radius 3 is 2.74 bits per heavy atom. The summed E-state index contributed by atoms with van der Waals surface area (Å²) in [6.45, 7) is 0.623. The molecule has 4 aromatic rings. The first-order chi connectivity index (χ1) is 15.1. The van der Waals surface area contributed by atoms with E-state index in [4.69, 9.17) is 0 Å². The van der Waals surface area contributed by atoms with Gasteiger partial charge in [0.1, 0.15) is 5.82 Å². The van der Waals surface area contributed by atoms with Crippen molar-refractivity contribution in [1.29, 1.82) is 0 Å². The molecule has 0 saturated carbocycles. The Hall–Kier alpha value is -3.41. The lowest BCUT2D eigenvalue weighted by Crippen LogP contribution is -2.13. The minimum absolute atomic E-state index is 0.0596. The van der Waals surface area contributed by atoms with E-state index in [2.05, 4.69) is 33.8 Å². The fourth-order valence-electron chi connectivity index (χ4n) is 4.92. The number of aromatic nitrogens is 3. The zero-order chi connectivity index (χ0) is 21.4. The summed E-state index contributed by atoms with van der Waals surface area (Å²) in [7, 11) is 0. The summed E-state index contributed by atoms with van der Waals surface area (Å²) in [5.74, 6) is -1.10. The van der Waals surface area contributed by atoms with Crippen LogP contribution < -0.4 is 0 Å². The van der Waals surface area contributed by atoms with E-state index < -0.39 is 5.97 Å². The predicted octanol–water partition coefficient (Wildman–Crippen LogP) is 5.30. The molecular formula is C25H24FN3O2. The molecule has 1 aliphatic carbocycles. The van der Waals surface area contributed by atoms with Crippen molar-refractivity contribution in [3.8, 4) is 5.69 Å². The summed E-state index contributed by atoms with van der Waals surface area (Å²) in [5.41, 5.74) is 5.31. The molecule has 2 heterocycles. The highest BCUT2D eigenvalue weighted by Gasteiger charge is 2.28. The lowest BCUT2D eigenvalue weighted by molar-refractivity contribution is -0.137. The van der Waals surface area contributed by atoms with E-state index in [1.54, 1.807) is 18.6 Å². The monoisotopic (exact) mass is 417 g/mol. The van der Waals surface area contributed by atoms with Crippen molar-refractivity contribution in [2.24, 2.45) is 0 Å². The van der Waals surface area contributed by atoms with Crippen molar-refractivity contribution < 1.29 is 14.3 Å². The second-order valence-corrected chi connectivity index (χ2v) is 8.29. The van der Waals surface area contributed by atoms with Crippen LogP contribution in [0.25, 0.3) is 16.6 Å². The molecule has 2 aromatic carbocycles. The zero-order valence-electron chi connectivity index (χ0n) is 17.2. The Labute approximate surface area is 179 Å². The van der Waals surface area contributed by atoms with Crippen LogP contribution in [-0.2, 0) is 17.8 Å². The molecule has 1 atom stereocenters. The Kier molecular flexibility index (Phi) is 5.06. The molecule has 5 nitrogen and oxygen atoms in total. The first-order valence-electron chi connectivity index (χ1n) is 10.7. The van der Waals surface area contributed by atoms with Gasteiger partial charge in [0.25, 0.3) is 0 Å². The summed E-state index contributed by atoms with van der Waals surface area (Å²) in [5, 5.41) is 10.4. The van der Waals surface area contributed by atoms with E-state index in [1.807, 2.05) is 16.8 Å². The molecule has 0 saturated heterocycles. The van der Waals surface area contributed by atoms with Crippen molar-refractivity contribution in [3.05, 3.63) is 83.8 Å². The number of hydrogen-bond acceptors (Lipinski definition) is 2. The number of carboxylic acid groups (broad SMARTS) is 1. The van der Waals surface area contributed by atoms with Gasteiger partial charge in [0.2, 0.25) is 0 Å². The molecule has 0 bridgehead atoms. The van der Waals surface area contributed by atoms with E-state index >= 15 is 0 Å². The lowest BCUT2D eigenvalue weighted by Gasteiger charge is -2.19. The smallest absolute Gasteiger partial charge is 0.304 e. The van der Waals surface area contributed by atoms with Gasteiger partial charge in [-0.1, -0.05) is 18.6 Å². The average Bonchev–Trinajstić information content (AvgIpc) is 3.33. The maximum atomic E-state index is 14.1. The number of hydrogen-bond donors (Lipinski definition) is 1. The topological polar surface area (TPSA) is 60.0 Å². The summed E-state index contributed by atoms with van der Waals surface area (Å²) < 4.78 is 18.3. The van der Waals surface area contributed by atoms with Gasteiger partial charge in [0.15, 0.2) is 0 Å². The molecule has 31 heavy (non-hydrogen) atoms. The van der Waals surface area contributed by atoms with Gasteiger partial charge < -0.3 is 14.2 Å². The molecule has 1 unspecified atom stereocenters. The number of carbonyl (C=O) groups is 1. The second kappa shape index (κ2) is 8.02. The Bertz CT molecular complexity index is 1230. The molecule has 1 aliphatic rings. The van der Waals surface area contributed by atoms with Crippen LogP contribution in [-0.4, -0.2) is 25.2 Å². The second-order valence-electron chi connectivity index (χ2n) is 8.29. The van der Waals surface area contributed by atoms with Crippen LogP contribution >= 0.6 is 0 Å². The molecule has 1 N–H and O–H groups in total. The molecule has 2 aromatic heterocycles. The van der Waals surface area contributed by atoms with E-state index in [0.717, 1.165) is 59.1 Å². The van der Waals surface area contributed by atoms with E-state index in [0.29, 0.717) is 6.54 Å². The number of carboxylic acids is 1. The third-order valence-electron chi connectivity index (χ3n) is 6.29. The fraction of sp³-hybridized carbons (Fsp3) is 0.280. The maximum absolute atomic E-state index is 14.1. The van der Waals surface area contributed by atoms with E-state index in [-0.39, 0.29) is 18.2 Å². The van der Waals surface area contributed by atoms with Crippen molar-refractivity contribution in [1.82, 2.24) is 14.1 Å². The molecule has 0 fully saturated rings. The van der Waals surface area contributed by atoms with Crippen LogP contribution in [0.15, 0.2) is 61.2 Å². The van der Waals surface area contributed by atoms with Gasteiger partial charge in [-0.05, 0) is 60.7 Å². The van der Waals surface area contributed by atoms with Crippen molar-refractivity contribution in [2.75, 3.05) is 0 Å². The Morgan fingerprint density at radius 2 is 2.00 bits per heavy atom. The summed E-state index contributed by atoms with van der Waals surface area (Å²) in [6.07, 6.45) is 9.21. The zero-order valence-corrected chi connectivity index (χ0v) is 17.2. The molecular weight excluding hydrogens is 393 g/mol. The number of aryl methyl sites for hydroxylation is 1.